The first-order chi connectivity index (χ1) is 11.9. The number of rotatable bonds is 5. The molecule has 0 unspecified atom stereocenters. The maximum atomic E-state index is 11.6. The predicted octanol–water partition coefficient (Wildman–Crippen LogP) is 3.50. The number of amidine groups is 1. The molecule has 6 heteroatoms. The third kappa shape index (κ3) is 3.96. The Balaban J connectivity index is 1.87. The number of anilines is 2. The van der Waals surface area contributed by atoms with Crippen LogP contribution in [0.5, 0.6) is 0 Å². The quantitative estimate of drug-likeness (QED) is 0.483. The van der Waals surface area contributed by atoms with E-state index in [9.17, 15) is 4.79 Å². The fraction of sp³-hybridized carbons (Fsp3) is 0.263. The van der Waals surface area contributed by atoms with Gasteiger partial charge in [0, 0.05) is 15.4 Å². The summed E-state index contributed by atoms with van der Waals surface area (Å²) >= 11 is 1.71. The number of hydrogen-bond donors (Lipinski definition) is 3. The lowest BCUT2D eigenvalue weighted by Crippen LogP contribution is -2.31. The molecule has 5 nitrogen and oxygen atoms in total. The molecule has 1 heterocycles. The van der Waals surface area contributed by atoms with Gasteiger partial charge in [0.25, 0.3) is 0 Å². The molecule has 0 bridgehead atoms. The summed E-state index contributed by atoms with van der Waals surface area (Å²) in [5.74, 6) is 0.197. The van der Waals surface area contributed by atoms with Gasteiger partial charge in [-0.15, -0.1) is 0 Å². The highest BCUT2D eigenvalue weighted by atomic mass is 32.2. The van der Waals surface area contributed by atoms with Gasteiger partial charge in [-0.1, -0.05) is 43.8 Å². The van der Waals surface area contributed by atoms with Crippen LogP contribution >= 0.6 is 11.8 Å². The number of nitrogens with zero attached hydrogens (tertiary/aromatic N) is 1. The molecular formula is C19H22N4OS. The van der Waals surface area contributed by atoms with Crippen molar-refractivity contribution in [2.24, 2.45) is 22.4 Å². The van der Waals surface area contributed by atoms with E-state index in [0.717, 1.165) is 21.8 Å². The summed E-state index contributed by atoms with van der Waals surface area (Å²) in [7, 11) is 0. The number of nitrogens with one attached hydrogen (secondary N) is 1. The van der Waals surface area contributed by atoms with Crippen molar-refractivity contribution in [1.82, 2.24) is 0 Å². The molecule has 1 amide bonds. The molecule has 3 rings (SSSR count). The molecule has 1 aliphatic rings. The minimum absolute atomic E-state index is 0.312. The van der Waals surface area contributed by atoms with Gasteiger partial charge in [0.2, 0.25) is 5.91 Å². The van der Waals surface area contributed by atoms with Gasteiger partial charge in [0.05, 0.1) is 11.4 Å². The fourth-order valence-electron chi connectivity index (χ4n) is 2.72. The first-order valence-electron chi connectivity index (χ1n) is 8.25. The number of primary amides is 1. The third-order valence-corrected chi connectivity index (χ3v) is 5.12. The standard InChI is InChI=1S/C19H22N4OS/c1-11(2)9-15(19(21)24)23-18(20)12-7-8-17-14(10-12)22-13-5-3-4-6-16(13)25-17/h3-8,10-11,15,22H,9H2,1-2H3,(H2,20,23)(H2,21,24)/t15-/m0/s1. The molecule has 1 atom stereocenters. The van der Waals surface area contributed by atoms with Gasteiger partial charge in [-0.05, 0) is 36.6 Å². The summed E-state index contributed by atoms with van der Waals surface area (Å²) in [6, 6.07) is 13.5. The van der Waals surface area contributed by atoms with Gasteiger partial charge < -0.3 is 16.8 Å². The molecule has 25 heavy (non-hydrogen) atoms. The van der Waals surface area contributed by atoms with E-state index in [4.69, 9.17) is 11.5 Å². The van der Waals surface area contributed by atoms with Crippen molar-refractivity contribution in [3.05, 3.63) is 48.0 Å². The topological polar surface area (TPSA) is 93.5 Å². The maximum absolute atomic E-state index is 11.6. The molecule has 0 saturated heterocycles. The van der Waals surface area contributed by atoms with Gasteiger partial charge in [-0.3, -0.25) is 9.79 Å². The van der Waals surface area contributed by atoms with Crippen LogP contribution in [0.2, 0.25) is 0 Å². The minimum atomic E-state index is -0.598. The number of fused-ring (bicyclic) bond motifs is 2. The number of carbonyl (C=O) groups excluding carboxylic acids is 1. The van der Waals surface area contributed by atoms with E-state index in [2.05, 4.69) is 16.4 Å². The van der Waals surface area contributed by atoms with Crippen molar-refractivity contribution in [1.29, 1.82) is 0 Å². The lowest BCUT2D eigenvalue weighted by molar-refractivity contribution is -0.119. The van der Waals surface area contributed by atoms with Crippen LogP contribution in [-0.4, -0.2) is 17.8 Å². The highest BCUT2D eigenvalue weighted by Gasteiger charge is 2.19. The SMILES string of the molecule is CC(C)C[C@H](N=C(N)c1ccc2c(c1)Nc1ccccc1S2)C(N)=O. The lowest BCUT2D eigenvalue weighted by Gasteiger charge is -2.21. The summed E-state index contributed by atoms with van der Waals surface area (Å²) in [4.78, 5) is 18.3. The van der Waals surface area contributed by atoms with Crippen molar-refractivity contribution >= 4 is 34.9 Å². The van der Waals surface area contributed by atoms with Crippen LogP contribution in [-0.2, 0) is 4.79 Å². The van der Waals surface area contributed by atoms with Crippen LogP contribution in [0.1, 0.15) is 25.8 Å². The molecule has 0 radical (unpaired) electrons. The molecule has 1 aliphatic heterocycles. The van der Waals surface area contributed by atoms with Gasteiger partial charge in [0.15, 0.2) is 0 Å². The van der Waals surface area contributed by atoms with Gasteiger partial charge in [-0.2, -0.15) is 0 Å². The lowest BCUT2D eigenvalue weighted by atomic mass is 10.0. The Morgan fingerprint density at radius 3 is 2.56 bits per heavy atom. The molecule has 0 aliphatic carbocycles. The first-order valence-corrected chi connectivity index (χ1v) is 9.06. The Morgan fingerprint density at radius 2 is 1.84 bits per heavy atom. The third-order valence-electron chi connectivity index (χ3n) is 3.97. The Labute approximate surface area is 151 Å². The number of hydrogen-bond acceptors (Lipinski definition) is 4. The molecule has 0 fully saturated rings. The molecule has 0 spiro atoms. The second kappa shape index (κ2) is 7.19. The van der Waals surface area contributed by atoms with E-state index in [1.165, 1.54) is 4.90 Å². The van der Waals surface area contributed by atoms with E-state index in [0.29, 0.717) is 18.2 Å². The van der Waals surface area contributed by atoms with Crippen LogP contribution in [0.4, 0.5) is 11.4 Å². The molecule has 5 N–H and O–H groups in total. The zero-order chi connectivity index (χ0) is 18.0. The largest absolute Gasteiger partial charge is 0.383 e. The van der Waals surface area contributed by atoms with Crippen molar-refractivity contribution in [2.75, 3.05) is 5.32 Å². The Hall–Kier alpha value is -2.47. The zero-order valence-corrected chi connectivity index (χ0v) is 15.1. The fourth-order valence-corrected chi connectivity index (χ4v) is 3.69. The minimum Gasteiger partial charge on any atom is -0.383 e. The molecule has 130 valence electrons. The van der Waals surface area contributed by atoms with Crippen molar-refractivity contribution in [3.8, 4) is 0 Å². The van der Waals surface area contributed by atoms with E-state index >= 15 is 0 Å². The van der Waals surface area contributed by atoms with Gasteiger partial charge in [0.1, 0.15) is 11.9 Å². The first kappa shape index (κ1) is 17.4. The number of benzene rings is 2. The van der Waals surface area contributed by atoms with Crippen molar-refractivity contribution in [3.63, 3.8) is 0 Å². The zero-order valence-electron chi connectivity index (χ0n) is 14.3. The number of carbonyl (C=O) groups is 1. The maximum Gasteiger partial charge on any atom is 0.242 e. The summed E-state index contributed by atoms with van der Waals surface area (Å²) in [5.41, 5.74) is 14.4. The van der Waals surface area contributed by atoms with Crippen molar-refractivity contribution in [2.45, 2.75) is 36.1 Å². The molecule has 2 aromatic rings. The number of para-hydroxylation sites is 1. The molecule has 0 aromatic heterocycles. The molecule has 2 aromatic carbocycles. The van der Waals surface area contributed by atoms with E-state index in [1.807, 2.05) is 50.2 Å². The van der Waals surface area contributed by atoms with E-state index in [1.54, 1.807) is 11.8 Å². The number of aliphatic imine (C=N–C) groups is 1. The summed E-state index contributed by atoms with van der Waals surface area (Å²) in [6.07, 6.45) is 0.586. The van der Waals surface area contributed by atoms with Crippen molar-refractivity contribution < 1.29 is 4.79 Å². The monoisotopic (exact) mass is 354 g/mol. The van der Waals surface area contributed by atoms with E-state index < -0.39 is 11.9 Å². The average molecular weight is 354 g/mol. The summed E-state index contributed by atoms with van der Waals surface area (Å²) in [5, 5.41) is 3.42. The predicted molar refractivity (Wildman–Crippen MR) is 103 cm³/mol. The number of amides is 1. The number of nitrogens with two attached hydrogens (primary N) is 2. The Bertz CT molecular complexity index is 832. The molecule has 0 saturated carbocycles. The second-order valence-electron chi connectivity index (χ2n) is 6.50. The van der Waals surface area contributed by atoms with Gasteiger partial charge >= 0.3 is 0 Å². The van der Waals surface area contributed by atoms with E-state index in [-0.39, 0.29) is 0 Å². The molecular weight excluding hydrogens is 332 g/mol. The summed E-state index contributed by atoms with van der Waals surface area (Å²) < 4.78 is 0. The smallest absolute Gasteiger partial charge is 0.242 e. The Morgan fingerprint density at radius 1 is 1.12 bits per heavy atom. The normalized spacial score (nSPS) is 14.4. The van der Waals surface area contributed by atoms with Crippen LogP contribution in [0.15, 0.2) is 57.2 Å². The van der Waals surface area contributed by atoms with Crippen LogP contribution in [0.3, 0.4) is 0 Å². The van der Waals surface area contributed by atoms with Gasteiger partial charge in [-0.25, -0.2) is 0 Å². The highest BCUT2D eigenvalue weighted by Crippen LogP contribution is 2.44. The average Bonchev–Trinajstić information content (AvgIpc) is 2.58. The second-order valence-corrected chi connectivity index (χ2v) is 7.58. The van der Waals surface area contributed by atoms with Crippen LogP contribution < -0.4 is 16.8 Å². The summed E-state index contributed by atoms with van der Waals surface area (Å²) in [6.45, 7) is 4.05. The van der Waals surface area contributed by atoms with Crippen LogP contribution in [0.25, 0.3) is 0 Å². The van der Waals surface area contributed by atoms with Crippen LogP contribution in [0, 0.1) is 5.92 Å². The highest BCUT2D eigenvalue weighted by molar-refractivity contribution is 7.99. The Kier molecular flexibility index (Phi) is 4.99.